The summed E-state index contributed by atoms with van der Waals surface area (Å²) in [7, 11) is 0. The van der Waals surface area contributed by atoms with Crippen LogP contribution >= 0.6 is 0 Å². The van der Waals surface area contributed by atoms with Gasteiger partial charge >= 0.3 is 0 Å². The van der Waals surface area contributed by atoms with Crippen LogP contribution in [0, 0.1) is 53.3 Å². The molecular weight excluding hydrogens is 344 g/mol. The molecule has 8 rings (SSSR count). The molecule has 0 saturated heterocycles. The molecule has 0 aromatic heterocycles. The number of rotatable bonds is 2. The Hall–Kier alpha value is -0.340. The fourth-order valence-corrected chi connectivity index (χ4v) is 9.63. The van der Waals surface area contributed by atoms with Crippen LogP contribution in [0.5, 0.6) is 0 Å². The van der Waals surface area contributed by atoms with Crippen LogP contribution in [0.1, 0.15) is 91.9 Å². The van der Waals surface area contributed by atoms with Crippen LogP contribution in [0.2, 0.25) is 0 Å². The van der Waals surface area contributed by atoms with Crippen LogP contribution in [-0.4, -0.2) is 10.9 Å². The van der Waals surface area contributed by atoms with E-state index < -0.39 is 0 Å². The summed E-state index contributed by atoms with van der Waals surface area (Å²) in [6.07, 6.45) is 14.4. The molecule has 0 spiro atoms. The fourth-order valence-electron chi connectivity index (χ4n) is 9.63. The Kier molecular flexibility index (Phi) is 4.99. The molecule has 2 heteroatoms. The molecule has 0 atom stereocenters. The van der Waals surface area contributed by atoms with Crippen molar-refractivity contribution in [1.82, 2.24) is 0 Å². The van der Waals surface area contributed by atoms with Gasteiger partial charge in [0, 0.05) is 0 Å². The first-order valence-corrected chi connectivity index (χ1v) is 12.4. The molecule has 0 aromatic carbocycles. The first-order valence-electron chi connectivity index (χ1n) is 12.4. The van der Waals surface area contributed by atoms with E-state index in [0.29, 0.717) is 17.8 Å². The predicted molar refractivity (Wildman–Crippen MR) is 114 cm³/mol. The summed E-state index contributed by atoms with van der Waals surface area (Å²) in [5.41, 5.74) is 3.33. The van der Waals surface area contributed by atoms with Crippen molar-refractivity contribution < 1.29 is 10.1 Å². The monoisotopic (exact) mass is 386 g/mol. The minimum absolute atomic E-state index is 0.201. The highest BCUT2D eigenvalue weighted by molar-refractivity contribution is 5.24. The maximum absolute atomic E-state index is 9.42. The van der Waals surface area contributed by atoms with Gasteiger partial charge in [0.2, 0.25) is 0 Å². The molecule has 0 aliphatic heterocycles. The van der Waals surface area contributed by atoms with Crippen molar-refractivity contribution >= 4 is 0 Å². The molecule has 8 aliphatic rings. The fraction of sp³-hybridized carbons (Fsp3) is 0.923. The van der Waals surface area contributed by atoms with Crippen LogP contribution in [0.3, 0.4) is 0 Å². The van der Waals surface area contributed by atoms with Crippen LogP contribution in [0.4, 0.5) is 0 Å². The average molecular weight is 387 g/mol. The average Bonchev–Trinajstić information content (AvgIpc) is 2.60. The van der Waals surface area contributed by atoms with Crippen LogP contribution in [0.25, 0.3) is 0 Å². The lowest BCUT2D eigenvalue weighted by Crippen LogP contribution is -2.61. The Morgan fingerprint density at radius 3 is 1.46 bits per heavy atom. The van der Waals surface area contributed by atoms with Crippen molar-refractivity contribution in [2.45, 2.75) is 97.5 Å². The van der Waals surface area contributed by atoms with Gasteiger partial charge in [0.15, 0.2) is 0 Å². The molecule has 0 amide bonds. The minimum atomic E-state index is -0.201. The lowest BCUT2D eigenvalue weighted by molar-refractivity contribution is -0.388. The van der Waals surface area contributed by atoms with Gasteiger partial charge in [-0.25, -0.2) is 4.89 Å². The van der Waals surface area contributed by atoms with Crippen molar-refractivity contribution in [2.24, 2.45) is 53.3 Å². The zero-order valence-corrected chi connectivity index (χ0v) is 18.6. The van der Waals surface area contributed by atoms with E-state index >= 15 is 0 Å². The van der Waals surface area contributed by atoms with E-state index in [0.717, 1.165) is 35.5 Å². The topological polar surface area (TPSA) is 29.5 Å². The van der Waals surface area contributed by atoms with Crippen molar-refractivity contribution in [3.8, 4) is 0 Å². The molecular formula is C26H42O2. The van der Waals surface area contributed by atoms with Crippen LogP contribution in [-0.2, 0) is 4.89 Å². The SMILES string of the molecule is CC(C)=C1C2CC3CC(C2)CC1C3.CC(C)C1(OO)C2CC3CC(C2)CC1C3. The summed E-state index contributed by atoms with van der Waals surface area (Å²) in [6, 6.07) is 0. The molecule has 0 heterocycles. The van der Waals surface area contributed by atoms with Crippen LogP contribution < -0.4 is 0 Å². The summed E-state index contributed by atoms with van der Waals surface area (Å²) < 4.78 is 0. The Morgan fingerprint density at radius 2 is 1.14 bits per heavy atom. The summed E-state index contributed by atoms with van der Waals surface area (Å²) >= 11 is 0. The summed E-state index contributed by atoms with van der Waals surface area (Å²) in [5, 5.41) is 9.42. The molecule has 8 bridgehead atoms. The van der Waals surface area contributed by atoms with Gasteiger partial charge in [-0.05, 0) is 131 Å². The van der Waals surface area contributed by atoms with E-state index in [1.807, 2.05) is 5.57 Å². The zero-order chi connectivity index (χ0) is 19.6. The first-order chi connectivity index (χ1) is 13.4. The van der Waals surface area contributed by atoms with Crippen molar-refractivity contribution in [3.05, 3.63) is 11.1 Å². The van der Waals surface area contributed by atoms with E-state index in [2.05, 4.69) is 27.7 Å². The standard InChI is InChI=1S/C13H22O2.C13H20/c1-8(2)13(15-14)11-4-9-3-10(6-11)7-12(13)5-9;1-8(2)13-11-4-9-3-10(6-11)7-12(13)5-9/h8-12,14H,3-7H2,1-2H3;9-12H,3-7H2,1-2H3. The zero-order valence-electron chi connectivity index (χ0n) is 18.6. The van der Waals surface area contributed by atoms with Gasteiger partial charge in [-0.1, -0.05) is 25.0 Å². The maximum Gasteiger partial charge on any atom is 0.111 e. The van der Waals surface area contributed by atoms with Gasteiger partial charge in [0.05, 0.1) is 0 Å². The lowest BCUT2D eigenvalue weighted by Gasteiger charge is -2.60. The van der Waals surface area contributed by atoms with E-state index in [-0.39, 0.29) is 5.60 Å². The smallest absolute Gasteiger partial charge is 0.111 e. The molecule has 0 aromatic rings. The van der Waals surface area contributed by atoms with Gasteiger partial charge in [-0.2, -0.15) is 0 Å². The second-order valence-electron chi connectivity index (χ2n) is 12.2. The van der Waals surface area contributed by atoms with Crippen molar-refractivity contribution in [1.29, 1.82) is 0 Å². The molecule has 8 saturated carbocycles. The van der Waals surface area contributed by atoms with Gasteiger partial charge in [0.1, 0.15) is 5.60 Å². The molecule has 8 aliphatic carbocycles. The Labute approximate surface area is 172 Å². The largest absolute Gasteiger partial charge is 0.251 e. The van der Waals surface area contributed by atoms with E-state index in [4.69, 9.17) is 4.89 Å². The van der Waals surface area contributed by atoms with E-state index in [9.17, 15) is 5.26 Å². The third kappa shape index (κ3) is 2.96. The van der Waals surface area contributed by atoms with Gasteiger partial charge in [-0.15, -0.1) is 0 Å². The highest BCUT2D eigenvalue weighted by Gasteiger charge is 2.60. The Balaban J connectivity index is 0.000000123. The molecule has 158 valence electrons. The first kappa shape index (κ1) is 19.6. The normalized spacial score (nSPS) is 50.1. The molecule has 28 heavy (non-hydrogen) atoms. The van der Waals surface area contributed by atoms with E-state index in [1.54, 1.807) is 12.0 Å². The molecule has 0 radical (unpaired) electrons. The number of allylic oxidation sites excluding steroid dienone is 2. The minimum Gasteiger partial charge on any atom is -0.251 e. The number of hydrogen-bond donors (Lipinski definition) is 1. The molecule has 2 nitrogen and oxygen atoms in total. The van der Waals surface area contributed by atoms with Crippen molar-refractivity contribution in [2.75, 3.05) is 0 Å². The Bertz CT molecular complexity index is 568. The summed E-state index contributed by atoms with van der Waals surface area (Å²) in [6.45, 7) is 9.08. The predicted octanol–water partition coefficient (Wildman–Crippen LogP) is 7.11. The third-order valence-corrected chi connectivity index (χ3v) is 10.1. The molecule has 8 fully saturated rings. The molecule has 0 unspecified atom stereocenters. The summed E-state index contributed by atoms with van der Waals surface area (Å²) in [4.78, 5) is 5.08. The number of hydrogen-bond acceptors (Lipinski definition) is 2. The van der Waals surface area contributed by atoms with Gasteiger partial charge in [-0.3, -0.25) is 5.26 Å². The van der Waals surface area contributed by atoms with Gasteiger partial charge < -0.3 is 0 Å². The van der Waals surface area contributed by atoms with Crippen molar-refractivity contribution in [3.63, 3.8) is 0 Å². The Morgan fingerprint density at radius 1 is 0.750 bits per heavy atom. The highest BCUT2D eigenvalue weighted by atomic mass is 17.1. The second-order valence-corrected chi connectivity index (χ2v) is 12.2. The second kappa shape index (κ2) is 7.12. The highest BCUT2D eigenvalue weighted by Crippen LogP contribution is 2.61. The van der Waals surface area contributed by atoms with Gasteiger partial charge in [0.25, 0.3) is 0 Å². The lowest BCUT2D eigenvalue weighted by atomic mass is 9.47. The summed E-state index contributed by atoms with van der Waals surface area (Å²) in [5.74, 6) is 7.83. The third-order valence-electron chi connectivity index (χ3n) is 10.1. The van der Waals surface area contributed by atoms with Crippen LogP contribution in [0.15, 0.2) is 11.1 Å². The van der Waals surface area contributed by atoms with E-state index in [1.165, 1.54) is 57.8 Å². The molecule has 1 N–H and O–H groups in total. The quantitative estimate of drug-likeness (QED) is 0.311. The maximum atomic E-state index is 9.42.